The number of ether oxygens (including phenoxy) is 3. The second-order valence-corrected chi connectivity index (χ2v) is 32.7. The zero-order valence-electron chi connectivity index (χ0n) is 47.8. The largest absolute Gasteiger partial charge is 0.461 e. The molecule has 0 aliphatic rings. The minimum Gasteiger partial charge on any atom is -0.461 e. The van der Waals surface area contributed by atoms with Crippen molar-refractivity contribution in [2.75, 3.05) is 80.4 Å². The lowest BCUT2D eigenvalue weighted by atomic mass is 10.1. The summed E-state index contributed by atoms with van der Waals surface area (Å²) in [6, 6.07) is 0. The average Bonchev–Trinajstić information content (AvgIpc) is 3.40. The minimum absolute atomic E-state index is 0.000818. The van der Waals surface area contributed by atoms with E-state index in [1.54, 1.807) is 32.4 Å². The van der Waals surface area contributed by atoms with E-state index >= 15 is 0 Å². The van der Waals surface area contributed by atoms with E-state index < -0.39 is 0 Å². The number of aliphatic hydroxyl groups is 1. The Morgan fingerprint density at radius 3 is 0.892 bits per heavy atom. The van der Waals surface area contributed by atoms with E-state index in [4.69, 9.17) is 14.2 Å². The number of rotatable bonds is 60. The summed E-state index contributed by atoms with van der Waals surface area (Å²) >= 11 is 0. The van der Waals surface area contributed by atoms with Crippen molar-refractivity contribution in [3.63, 3.8) is 0 Å². The first-order valence-corrected chi connectivity index (χ1v) is 41.1. The van der Waals surface area contributed by atoms with Crippen molar-refractivity contribution < 1.29 is 33.7 Å². The van der Waals surface area contributed by atoms with Crippen LogP contribution in [0.25, 0.3) is 0 Å². The van der Waals surface area contributed by atoms with Crippen LogP contribution in [0.1, 0.15) is 241 Å². The molecule has 0 aromatic rings. The van der Waals surface area contributed by atoms with E-state index in [9.17, 15) is 19.5 Å². The van der Waals surface area contributed by atoms with Gasteiger partial charge in [0.1, 0.15) is 18.3 Å². The molecule has 0 spiro atoms. The third-order valence-corrected chi connectivity index (χ3v) is 25.9. The molecule has 0 radical (unpaired) electrons. The fourth-order valence-electron chi connectivity index (χ4n) is 7.92. The van der Waals surface area contributed by atoms with Gasteiger partial charge in [-0.25, -0.2) is 0 Å². The van der Waals surface area contributed by atoms with Crippen LogP contribution in [0.5, 0.6) is 0 Å². The summed E-state index contributed by atoms with van der Waals surface area (Å²) in [5.41, 5.74) is 0. The number of carbonyl (C=O) groups is 3. The molecule has 0 rings (SSSR count). The Kier molecular flexibility index (Phi) is 61.7. The molecule has 74 heavy (non-hydrogen) atoms. The lowest BCUT2D eigenvalue weighted by molar-refractivity contribution is -0.149. The highest BCUT2D eigenvalue weighted by atomic mass is 33.5. The van der Waals surface area contributed by atoms with Gasteiger partial charge in [0.05, 0.1) is 25.9 Å². The van der Waals surface area contributed by atoms with Gasteiger partial charge < -0.3 is 29.1 Å². The number of unbranched alkanes of at least 4 members (excludes halogenated alkanes) is 21. The Balaban J connectivity index is 5.03. The third kappa shape index (κ3) is 52.8. The molecule has 0 heterocycles. The highest BCUT2D eigenvalue weighted by Gasteiger charge is 2.20. The van der Waals surface area contributed by atoms with E-state index in [2.05, 4.69) is 51.3 Å². The molecule has 0 aromatic heterocycles. The lowest BCUT2D eigenvalue weighted by Crippen LogP contribution is -2.36. The van der Waals surface area contributed by atoms with Crippen LogP contribution in [0.15, 0.2) is 0 Å². The zero-order chi connectivity index (χ0) is 54.2. The van der Waals surface area contributed by atoms with E-state index in [0.717, 1.165) is 60.2 Å². The zero-order valence-corrected chi connectivity index (χ0v) is 55.2. The molecule has 0 amide bonds. The summed E-state index contributed by atoms with van der Waals surface area (Å²) in [7, 11) is 16.5. The molecular formula is C56H110N2O7S9. The first-order chi connectivity index (χ1) is 36.3. The molecule has 9 nitrogen and oxygen atoms in total. The first kappa shape index (κ1) is 75.4. The number of hydrogen-bond acceptors (Lipinski definition) is 18. The molecule has 0 aromatic carbocycles. The van der Waals surface area contributed by atoms with E-state index in [-0.39, 0.29) is 62.1 Å². The Morgan fingerprint density at radius 2 is 0.622 bits per heavy atom. The van der Waals surface area contributed by atoms with Gasteiger partial charge >= 0.3 is 17.9 Å². The fourth-order valence-corrected chi connectivity index (χ4v) is 20.2. The summed E-state index contributed by atoms with van der Waals surface area (Å²) in [6.45, 7) is 16.3. The van der Waals surface area contributed by atoms with Crippen LogP contribution in [0.4, 0.5) is 0 Å². The molecule has 0 saturated carbocycles. The number of hydrogen-bond donors (Lipinski definition) is 1. The van der Waals surface area contributed by atoms with Gasteiger partial charge in [0.25, 0.3) is 0 Å². The second kappa shape index (κ2) is 60.5. The Hall–Kier alpha value is 1.44. The first-order valence-electron chi connectivity index (χ1n) is 29.6. The molecular weight excluding hydrogens is 1100 g/mol. The highest BCUT2D eigenvalue weighted by Crippen LogP contribution is 2.38. The van der Waals surface area contributed by atoms with Crippen molar-refractivity contribution in [1.82, 2.24) is 9.80 Å². The van der Waals surface area contributed by atoms with Crippen LogP contribution in [0, 0.1) is 0 Å². The quantitative estimate of drug-likeness (QED) is 0.0270. The van der Waals surface area contributed by atoms with Crippen molar-refractivity contribution in [1.29, 1.82) is 0 Å². The standard InChI is InChI=1S/C56H110N2O7S9/c1-7-13-16-19-22-25-28-31-45-66-72-69-48-51(10-4)63-54(60)35-40-57(41-36-55(61)64-52(11-5)49-70-73-67-46-32-29-26-23-20-17-14-8-2)38-34-39-58(43-44-59)42-37-56(62)65-53(12-6)50-71-74-68-47-33-30-27-24-21-18-15-9-3/h51-53,59H,7-50H2,1-6H3. The van der Waals surface area contributed by atoms with Gasteiger partial charge in [-0.1, -0.05) is 241 Å². The fraction of sp³-hybridized carbons (Fsp3) is 0.946. The van der Waals surface area contributed by atoms with E-state index in [0.29, 0.717) is 39.3 Å². The van der Waals surface area contributed by atoms with Crippen LogP contribution >= 0.6 is 94.2 Å². The maximum absolute atomic E-state index is 13.2. The maximum atomic E-state index is 13.2. The van der Waals surface area contributed by atoms with Crippen LogP contribution in [0.2, 0.25) is 0 Å². The number of nitrogens with zero attached hydrogens (tertiary/aromatic N) is 2. The van der Waals surface area contributed by atoms with Gasteiger partial charge in [-0.2, -0.15) is 0 Å². The van der Waals surface area contributed by atoms with Gasteiger partial charge in [0.2, 0.25) is 0 Å². The topological polar surface area (TPSA) is 106 Å². The number of aliphatic hydroxyl groups excluding tert-OH is 1. The molecule has 0 saturated heterocycles. The average molecular weight is 1210 g/mol. The van der Waals surface area contributed by atoms with Crippen molar-refractivity contribution in [2.24, 2.45) is 0 Å². The summed E-state index contributed by atoms with van der Waals surface area (Å²) in [5, 5.41) is 9.92. The van der Waals surface area contributed by atoms with Crippen molar-refractivity contribution in [3.05, 3.63) is 0 Å². The Bertz CT molecular complexity index is 1170. The molecule has 3 atom stereocenters. The molecule has 3 unspecified atom stereocenters. The molecule has 0 fully saturated rings. The third-order valence-electron chi connectivity index (χ3n) is 12.8. The Morgan fingerprint density at radius 1 is 0.351 bits per heavy atom. The minimum atomic E-state index is -0.206. The van der Waals surface area contributed by atoms with Gasteiger partial charge in [-0.3, -0.25) is 14.4 Å². The SMILES string of the molecule is CCCCCCCCCCSSSCC(CC)OC(=O)CCN(CCO)CCCN(CCC(=O)OC(CC)CSSSCCCCCCCCCC)CCC(=O)OC(CC)CSSSCCCCCCCCCC. The van der Waals surface area contributed by atoms with Gasteiger partial charge in [0, 0.05) is 60.7 Å². The normalized spacial score (nSPS) is 12.9. The second-order valence-electron chi connectivity index (χ2n) is 19.5. The van der Waals surface area contributed by atoms with Crippen LogP contribution < -0.4 is 0 Å². The monoisotopic (exact) mass is 1210 g/mol. The van der Waals surface area contributed by atoms with Crippen molar-refractivity contribution in [2.45, 2.75) is 259 Å². The van der Waals surface area contributed by atoms with Crippen LogP contribution in [0.3, 0.4) is 0 Å². The summed E-state index contributed by atoms with van der Waals surface area (Å²) in [5.74, 6) is 5.18. The summed E-state index contributed by atoms with van der Waals surface area (Å²) in [6.07, 6.45) is 35.5. The van der Waals surface area contributed by atoms with Crippen LogP contribution in [-0.2, 0) is 28.6 Å². The van der Waals surface area contributed by atoms with Gasteiger partial charge in [0.15, 0.2) is 0 Å². The lowest BCUT2D eigenvalue weighted by Gasteiger charge is -2.26. The molecule has 440 valence electrons. The van der Waals surface area contributed by atoms with Gasteiger partial charge in [-0.05, 0) is 87.5 Å². The predicted molar refractivity (Wildman–Crippen MR) is 344 cm³/mol. The van der Waals surface area contributed by atoms with E-state index in [1.807, 2.05) is 61.9 Å². The highest BCUT2D eigenvalue weighted by molar-refractivity contribution is 9.10. The molecule has 1 N–H and O–H groups in total. The summed E-state index contributed by atoms with van der Waals surface area (Å²) in [4.78, 5) is 43.8. The van der Waals surface area contributed by atoms with Gasteiger partial charge in [-0.15, -0.1) is 0 Å². The molecule has 0 aliphatic carbocycles. The Labute approximate surface area is 490 Å². The number of carbonyl (C=O) groups excluding carboxylic acids is 3. The molecule has 0 bridgehead atoms. The van der Waals surface area contributed by atoms with Crippen LogP contribution in [-0.4, -0.2) is 132 Å². The maximum Gasteiger partial charge on any atom is 0.307 e. The predicted octanol–water partition coefficient (Wildman–Crippen LogP) is 18.6. The van der Waals surface area contributed by atoms with E-state index in [1.165, 1.54) is 154 Å². The smallest absolute Gasteiger partial charge is 0.307 e. The molecule has 18 heteroatoms. The molecule has 0 aliphatic heterocycles. The number of esters is 3. The summed E-state index contributed by atoms with van der Waals surface area (Å²) < 4.78 is 17.8. The van der Waals surface area contributed by atoms with Crippen molar-refractivity contribution >= 4 is 112 Å². The van der Waals surface area contributed by atoms with Crippen molar-refractivity contribution in [3.8, 4) is 0 Å².